The molecule has 0 bridgehead atoms. The second-order valence-electron chi connectivity index (χ2n) is 2.43. The molecule has 0 atom stereocenters. The molecule has 0 spiro atoms. The van der Waals surface area contributed by atoms with Crippen molar-refractivity contribution in [1.29, 1.82) is 0 Å². The number of hydrogen-bond acceptors (Lipinski definition) is 5. The van der Waals surface area contributed by atoms with Crippen molar-refractivity contribution in [1.82, 2.24) is 14.3 Å². The molecule has 68 valence electrons. The van der Waals surface area contributed by atoms with Crippen LogP contribution in [-0.4, -0.2) is 21.5 Å². The van der Waals surface area contributed by atoms with Gasteiger partial charge in [0, 0.05) is 0 Å². The van der Waals surface area contributed by atoms with E-state index in [1.54, 1.807) is 7.11 Å². The van der Waals surface area contributed by atoms with E-state index in [9.17, 15) is 0 Å². The van der Waals surface area contributed by atoms with E-state index in [0.717, 1.165) is 20.6 Å². The molecule has 2 heterocycles. The number of ether oxygens (including phenoxy) is 1. The zero-order valence-electron chi connectivity index (χ0n) is 7.04. The second kappa shape index (κ2) is 3.19. The van der Waals surface area contributed by atoms with Crippen LogP contribution >= 0.6 is 27.5 Å². The first kappa shape index (κ1) is 8.83. The van der Waals surface area contributed by atoms with Gasteiger partial charge in [-0.15, -0.1) is 0 Å². The summed E-state index contributed by atoms with van der Waals surface area (Å²) in [6.07, 6.45) is 0. The minimum absolute atomic E-state index is 0.576. The van der Waals surface area contributed by atoms with Gasteiger partial charge in [0.1, 0.15) is 15.8 Å². The van der Waals surface area contributed by atoms with Crippen LogP contribution in [0.5, 0.6) is 5.88 Å². The van der Waals surface area contributed by atoms with Gasteiger partial charge in [0.25, 0.3) is 0 Å². The van der Waals surface area contributed by atoms with Gasteiger partial charge < -0.3 is 4.74 Å². The lowest BCUT2D eigenvalue weighted by Gasteiger charge is -1.97. The van der Waals surface area contributed by atoms with Crippen LogP contribution in [0.2, 0.25) is 0 Å². The van der Waals surface area contributed by atoms with Gasteiger partial charge in [-0.05, 0) is 34.4 Å². The number of nitrogens with zero attached hydrogens (tertiary/aromatic N) is 3. The van der Waals surface area contributed by atoms with E-state index in [-0.39, 0.29) is 0 Å². The third kappa shape index (κ3) is 1.40. The van der Waals surface area contributed by atoms with Crippen LogP contribution in [0.15, 0.2) is 4.60 Å². The van der Waals surface area contributed by atoms with Gasteiger partial charge in [0.05, 0.1) is 7.11 Å². The average molecular weight is 260 g/mol. The van der Waals surface area contributed by atoms with Crippen LogP contribution in [0.25, 0.3) is 10.2 Å². The van der Waals surface area contributed by atoms with Crippen LogP contribution in [-0.2, 0) is 0 Å². The highest BCUT2D eigenvalue weighted by atomic mass is 79.9. The molecule has 0 saturated heterocycles. The summed E-state index contributed by atoms with van der Waals surface area (Å²) in [5, 5.41) is 0.845. The molecule has 6 heteroatoms. The molecule has 0 aliphatic heterocycles. The smallest absolute Gasteiger partial charge is 0.237 e. The Kier molecular flexibility index (Phi) is 2.17. The Morgan fingerprint density at radius 2 is 2.15 bits per heavy atom. The molecule has 0 aliphatic rings. The first-order chi connectivity index (χ1) is 6.22. The van der Waals surface area contributed by atoms with Crippen LogP contribution in [0.3, 0.4) is 0 Å². The van der Waals surface area contributed by atoms with Gasteiger partial charge in [0.15, 0.2) is 4.83 Å². The molecule has 0 aliphatic carbocycles. The summed E-state index contributed by atoms with van der Waals surface area (Å²) in [5.74, 6) is 1.30. The molecule has 2 aromatic rings. The quantitative estimate of drug-likeness (QED) is 0.737. The Labute approximate surface area is 87.3 Å². The molecule has 0 fully saturated rings. The molecular weight excluding hydrogens is 254 g/mol. The lowest BCUT2D eigenvalue weighted by Crippen LogP contribution is -1.89. The van der Waals surface area contributed by atoms with Crippen LogP contribution in [0.4, 0.5) is 0 Å². The first-order valence-electron chi connectivity index (χ1n) is 3.56. The first-order valence-corrected chi connectivity index (χ1v) is 5.12. The van der Waals surface area contributed by atoms with E-state index in [1.807, 2.05) is 6.92 Å². The van der Waals surface area contributed by atoms with Crippen molar-refractivity contribution in [2.24, 2.45) is 0 Å². The molecule has 0 saturated carbocycles. The fourth-order valence-corrected chi connectivity index (χ4v) is 2.56. The summed E-state index contributed by atoms with van der Waals surface area (Å²) in [5.41, 5.74) is 0. The number of aryl methyl sites for hydroxylation is 1. The Morgan fingerprint density at radius 1 is 1.38 bits per heavy atom. The molecule has 4 nitrogen and oxygen atoms in total. The molecular formula is C7H6BrN3OS. The number of hydrogen-bond donors (Lipinski definition) is 0. The van der Waals surface area contributed by atoms with Crippen LogP contribution in [0, 0.1) is 6.92 Å². The molecule has 13 heavy (non-hydrogen) atoms. The molecule has 0 aromatic carbocycles. The van der Waals surface area contributed by atoms with Gasteiger partial charge in [-0.25, -0.2) is 9.97 Å². The maximum absolute atomic E-state index is 5.08. The lowest BCUT2D eigenvalue weighted by molar-refractivity contribution is 0.407. The monoisotopic (exact) mass is 259 g/mol. The standard InChI is InChI=1S/C7H6BrN3OS/c1-3-9-5(8)4-6(12-2)11-13-7(4)10-3/h1-2H3. The van der Waals surface area contributed by atoms with Gasteiger partial charge in [-0.1, -0.05) is 0 Å². The van der Waals surface area contributed by atoms with E-state index in [4.69, 9.17) is 4.74 Å². The van der Waals surface area contributed by atoms with Crippen molar-refractivity contribution in [2.45, 2.75) is 6.92 Å². The van der Waals surface area contributed by atoms with Crippen molar-refractivity contribution in [3.8, 4) is 5.88 Å². The zero-order chi connectivity index (χ0) is 9.42. The predicted octanol–water partition coefficient (Wildman–Crippen LogP) is 2.17. The third-order valence-electron chi connectivity index (χ3n) is 1.57. The number of halogens is 1. The summed E-state index contributed by atoms with van der Waals surface area (Å²) in [6, 6.07) is 0. The summed E-state index contributed by atoms with van der Waals surface area (Å²) < 4.78 is 9.92. The van der Waals surface area contributed by atoms with E-state index in [1.165, 1.54) is 11.5 Å². The lowest BCUT2D eigenvalue weighted by atomic mass is 10.4. The Hall–Kier alpha value is -0.750. The number of methoxy groups -OCH3 is 1. The second-order valence-corrected chi connectivity index (χ2v) is 3.94. The zero-order valence-corrected chi connectivity index (χ0v) is 9.44. The largest absolute Gasteiger partial charge is 0.480 e. The molecule has 0 unspecified atom stereocenters. The van der Waals surface area contributed by atoms with E-state index < -0.39 is 0 Å². The van der Waals surface area contributed by atoms with E-state index in [2.05, 4.69) is 30.3 Å². The summed E-state index contributed by atoms with van der Waals surface area (Å²) in [4.78, 5) is 9.26. The predicted molar refractivity (Wildman–Crippen MR) is 54.2 cm³/mol. The third-order valence-corrected chi connectivity index (χ3v) is 2.86. The normalized spacial score (nSPS) is 10.7. The van der Waals surface area contributed by atoms with Crippen molar-refractivity contribution >= 4 is 37.7 Å². The molecule has 2 rings (SSSR count). The van der Waals surface area contributed by atoms with Crippen LogP contribution in [0.1, 0.15) is 5.82 Å². The fraction of sp³-hybridized carbons (Fsp3) is 0.286. The Balaban J connectivity index is 2.82. The van der Waals surface area contributed by atoms with Crippen molar-refractivity contribution < 1.29 is 4.74 Å². The Bertz CT molecular complexity index is 456. The van der Waals surface area contributed by atoms with E-state index >= 15 is 0 Å². The number of rotatable bonds is 1. The summed E-state index contributed by atoms with van der Waals surface area (Å²) in [6.45, 7) is 1.84. The number of aromatic nitrogens is 3. The van der Waals surface area contributed by atoms with Crippen molar-refractivity contribution in [3.05, 3.63) is 10.4 Å². The number of fused-ring (bicyclic) bond motifs is 1. The molecule has 0 radical (unpaired) electrons. The maximum Gasteiger partial charge on any atom is 0.237 e. The van der Waals surface area contributed by atoms with Gasteiger partial charge in [-0.2, -0.15) is 4.37 Å². The SMILES string of the molecule is COc1nsc2nc(C)nc(Br)c12. The van der Waals surface area contributed by atoms with Crippen LogP contribution < -0.4 is 4.74 Å². The molecule has 0 amide bonds. The fourth-order valence-electron chi connectivity index (χ4n) is 1.03. The molecule has 2 aromatic heterocycles. The highest BCUT2D eigenvalue weighted by Gasteiger charge is 2.12. The van der Waals surface area contributed by atoms with Gasteiger partial charge in [0.2, 0.25) is 5.88 Å². The highest BCUT2D eigenvalue weighted by Crippen LogP contribution is 2.31. The van der Waals surface area contributed by atoms with E-state index in [0.29, 0.717) is 5.88 Å². The Morgan fingerprint density at radius 3 is 2.85 bits per heavy atom. The van der Waals surface area contributed by atoms with Gasteiger partial charge in [-0.3, -0.25) is 0 Å². The minimum atomic E-state index is 0.576. The minimum Gasteiger partial charge on any atom is -0.480 e. The van der Waals surface area contributed by atoms with Crippen molar-refractivity contribution in [2.75, 3.05) is 7.11 Å². The molecule has 0 N–H and O–H groups in total. The summed E-state index contributed by atoms with van der Waals surface area (Å²) in [7, 11) is 1.58. The highest BCUT2D eigenvalue weighted by molar-refractivity contribution is 9.10. The maximum atomic E-state index is 5.08. The van der Waals surface area contributed by atoms with Gasteiger partial charge >= 0.3 is 0 Å². The summed E-state index contributed by atoms with van der Waals surface area (Å²) >= 11 is 4.66. The topological polar surface area (TPSA) is 47.9 Å². The average Bonchev–Trinajstić information content (AvgIpc) is 2.47. The van der Waals surface area contributed by atoms with Crippen molar-refractivity contribution in [3.63, 3.8) is 0 Å².